The second-order valence-corrected chi connectivity index (χ2v) is 13.5. The Morgan fingerprint density at radius 2 is 1.79 bits per heavy atom. The fraction of sp³-hybridized carbons (Fsp3) is 0.571. The van der Waals surface area contributed by atoms with Gasteiger partial charge in [-0.25, -0.2) is 4.99 Å². The number of nitrogens with two attached hydrogens (primary N) is 1. The maximum atomic E-state index is 14.0. The van der Waals surface area contributed by atoms with Crippen LogP contribution in [0.4, 0.5) is 0 Å². The standard InChI is InChI=1S/C33H40N4O4.C2H6/c1-32(2)17-25-22-14-19(12-13-27(22)41-32)8-4-5-9-20-15-28(38)37(31(34)35-20)29-21-10-6-7-11-26(21)40-18-24(29)33(3)16-23(33)30(39)36-25;1-2/h6-7,10-14,20,23-25,29H,4-5,8-9,15-18H2,1-3H3,(H2,34,35)(H,36,39);1-2H3. The number of aliphatic imine (C=N–C) groups is 1. The highest BCUT2D eigenvalue weighted by Crippen LogP contribution is 2.63. The lowest BCUT2D eigenvalue weighted by atomic mass is 9.77. The number of carbonyl (C=O) groups excluding carboxylic acids is 2. The minimum Gasteiger partial charge on any atom is -0.493 e. The number of aryl methyl sites for hydroxylation is 1. The van der Waals surface area contributed by atoms with Gasteiger partial charge in [0.2, 0.25) is 11.8 Å². The highest BCUT2D eigenvalue weighted by Gasteiger charge is 2.63. The van der Waals surface area contributed by atoms with Crippen LogP contribution in [0.5, 0.6) is 11.5 Å². The van der Waals surface area contributed by atoms with Crippen molar-refractivity contribution < 1.29 is 19.1 Å². The van der Waals surface area contributed by atoms with E-state index >= 15 is 0 Å². The van der Waals surface area contributed by atoms with E-state index in [1.807, 2.05) is 38.1 Å². The smallest absolute Gasteiger partial charge is 0.232 e. The zero-order chi connectivity index (χ0) is 30.5. The number of amides is 2. The maximum absolute atomic E-state index is 14.0. The minimum atomic E-state index is -0.383. The summed E-state index contributed by atoms with van der Waals surface area (Å²) in [5, 5.41) is 3.42. The van der Waals surface area contributed by atoms with E-state index in [1.165, 1.54) is 5.56 Å². The minimum absolute atomic E-state index is 0.00485. The number of rotatable bonds is 0. The van der Waals surface area contributed by atoms with E-state index < -0.39 is 0 Å². The van der Waals surface area contributed by atoms with Crippen molar-refractivity contribution in [3.05, 3.63) is 59.2 Å². The van der Waals surface area contributed by atoms with Crippen LogP contribution >= 0.6 is 0 Å². The van der Waals surface area contributed by atoms with Crippen LogP contribution in [0, 0.1) is 17.3 Å². The Morgan fingerprint density at radius 1 is 1.00 bits per heavy atom. The molecule has 8 rings (SSSR count). The van der Waals surface area contributed by atoms with Gasteiger partial charge in [0.15, 0.2) is 5.96 Å². The fourth-order valence-corrected chi connectivity index (χ4v) is 7.75. The normalized spacial score (nSPS) is 32.4. The quantitative estimate of drug-likeness (QED) is 0.403. The van der Waals surface area contributed by atoms with Gasteiger partial charge in [-0.05, 0) is 62.6 Å². The van der Waals surface area contributed by atoms with Gasteiger partial charge in [-0.3, -0.25) is 14.5 Å². The Labute approximate surface area is 255 Å². The summed E-state index contributed by atoms with van der Waals surface area (Å²) in [6.45, 7) is 10.7. The van der Waals surface area contributed by atoms with Gasteiger partial charge in [-0.1, -0.05) is 57.5 Å². The van der Waals surface area contributed by atoms with Crippen molar-refractivity contribution in [1.82, 2.24) is 10.2 Å². The summed E-state index contributed by atoms with van der Waals surface area (Å²) < 4.78 is 12.6. The van der Waals surface area contributed by atoms with Gasteiger partial charge in [-0.2, -0.15) is 0 Å². The van der Waals surface area contributed by atoms with Gasteiger partial charge in [0.05, 0.1) is 24.7 Å². The Kier molecular flexibility index (Phi) is 7.68. The second kappa shape index (κ2) is 11.2. The highest BCUT2D eigenvalue weighted by molar-refractivity contribution is 5.99. The third kappa shape index (κ3) is 5.38. The molecule has 1 saturated carbocycles. The third-order valence-electron chi connectivity index (χ3n) is 10.1. The van der Waals surface area contributed by atoms with Crippen LogP contribution in [-0.4, -0.2) is 40.9 Å². The first-order chi connectivity index (χ1) is 20.6. The summed E-state index contributed by atoms with van der Waals surface area (Å²) in [6.07, 6.45) is 5.48. The molecule has 2 amide bonds. The van der Waals surface area contributed by atoms with Gasteiger partial charge >= 0.3 is 0 Å². The number of fused-ring (bicyclic) bond motifs is 6. The van der Waals surface area contributed by atoms with Crippen molar-refractivity contribution >= 4 is 17.8 Å². The molecule has 0 spiro atoms. The van der Waals surface area contributed by atoms with Gasteiger partial charge in [0, 0.05) is 35.8 Å². The highest BCUT2D eigenvalue weighted by atomic mass is 16.5. The van der Waals surface area contributed by atoms with E-state index in [1.54, 1.807) is 4.90 Å². The van der Waals surface area contributed by atoms with Crippen molar-refractivity contribution in [1.29, 1.82) is 0 Å². The molecule has 4 bridgehead atoms. The van der Waals surface area contributed by atoms with Gasteiger partial charge in [0.1, 0.15) is 17.1 Å². The van der Waals surface area contributed by atoms with E-state index in [0.717, 1.165) is 54.7 Å². The summed E-state index contributed by atoms with van der Waals surface area (Å²) in [5.41, 5.74) is 9.11. The van der Waals surface area contributed by atoms with Gasteiger partial charge in [-0.15, -0.1) is 0 Å². The first-order valence-electron chi connectivity index (χ1n) is 16.1. The lowest BCUT2D eigenvalue weighted by molar-refractivity contribution is -0.132. The van der Waals surface area contributed by atoms with E-state index in [2.05, 4.69) is 44.3 Å². The molecular formula is C35H46N4O4. The molecule has 0 saturated heterocycles. The number of ether oxygens (including phenoxy) is 2. The van der Waals surface area contributed by atoms with Crippen molar-refractivity contribution in [2.75, 3.05) is 6.61 Å². The largest absolute Gasteiger partial charge is 0.493 e. The van der Waals surface area contributed by atoms with Crippen LogP contribution in [0.1, 0.15) is 102 Å². The number of para-hydroxylation sites is 1. The first-order valence-corrected chi connectivity index (χ1v) is 16.1. The molecule has 5 aliphatic heterocycles. The predicted octanol–water partition coefficient (Wildman–Crippen LogP) is 5.85. The Hall–Kier alpha value is -3.55. The molecular weight excluding hydrogens is 540 g/mol. The van der Waals surface area contributed by atoms with Crippen LogP contribution in [0.2, 0.25) is 0 Å². The number of nitrogens with one attached hydrogen (secondary N) is 1. The lowest BCUT2D eigenvalue weighted by Gasteiger charge is -2.44. The summed E-state index contributed by atoms with van der Waals surface area (Å²) >= 11 is 0. The topological polar surface area (TPSA) is 106 Å². The zero-order valence-electron chi connectivity index (χ0n) is 26.2. The average molecular weight is 587 g/mol. The molecule has 230 valence electrons. The van der Waals surface area contributed by atoms with Crippen LogP contribution in [-0.2, 0) is 16.0 Å². The van der Waals surface area contributed by atoms with Crippen LogP contribution in [0.15, 0.2) is 47.5 Å². The Morgan fingerprint density at radius 3 is 2.58 bits per heavy atom. The second-order valence-electron chi connectivity index (χ2n) is 13.5. The molecule has 8 heteroatoms. The number of guanidine groups is 1. The average Bonchev–Trinajstić information content (AvgIpc) is 3.68. The van der Waals surface area contributed by atoms with Crippen molar-refractivity contribution in [2.45, 2.75) is 103 Å². The molecule has 3 N–H and O–H groups in total. The van der Waals surface area contributed by atoms with E-state index in [-0.39, 0.29) is 58.8 Å². The molecule has 8 nitrogen and oxygen atoms in total. The summed E-state index contributed by atoms with van der Waals surface area (Å²) in [6, 6.07) is 13.7. The Bertz CT molecular complexity index is 1440. The molecule has 6 atom stereocenters. The molecule has 5 heterocycles. The molecule has 6 unspecified atom stereocenters. The molecule has 2 aromatic rings. The third-order valence-corrected chi connectivity index (χ3v) is 10.1. The number of nitrogens with zero attached hydrogens (tertiary/aromatic N) is 2. The zero-order valence-corrected chi connectivity index (χ0v) is 26.2. The number of hydrogen-bond donors (Lipinski definition) is 2. The predicted molar refractivity (Wildman–Crippen MR) is 167 cm³/mol. The maximum Gasteiger partial charge on any atom is 0.232 e. The summed E-state index contributed by atoms with van der Waals surface area (Å²) in [7, 11) is 0. The number of hydrogen-bond acceptors (Lipinski definition) is 6. The Balaban J connectivity index is 0.00000161. The first kappa shape index (κ1) is 29.5. The monoisotopic (exact) mass is 586 g/mol. The number of carbonyl (C=O) groups is 2. The lowest BCUT2D eigenvalue weighted by Crippen LogP contribution is -2.53. The van der Waals surface area contributed by atoms with E-state index in [4.69, 9.17) is 20.2 Å². The fourth-order valence-electron chi connectivity index (χ4n) is 7.75. The number of benzene rings is 2. The molecule has 0 aromatic heterocycles. The van der Waals surface area contributed by atoms with Crippen LogP contribution in [0.25, 0.3) is 0 Å². The van der Waals surface area contributed by atoms with Crippen LogP contribution < -0.4 is 20.5 Å². The van der Waals surface area contributed by atoms with E-state index in [9.17, 15) is 9.59 Å². The van der Waals surface area contributed by atoms with Crippen molar-refractivity contribution in [3.63, 3.8) is 0 Å². The summed E-state index contributed by atoms with van der Waals surface area (Å²) in [4.78, 5) is 34.3. The molecule has 2 aromatic carbocycles. The summed E-state index contributed by atoms with van der Waals surface area (Å²) in [5.74, 6) is 1.67. The van der Waals surface area contributed by atoms with Crippen molar-refractivity contribution in [2.24, 2.45) is 28.0 Å². The van der Waals surface area contributed by atoms with E-state index in [0.29, 0.717) is 19.4 Å². The van der Waals surface area contributed by atoms with Crippen molar-refractivity contribution in [3.8, 4) is 11.5 Å². The SMILES string of the molecule is CC.CC1(C)CC2NC(=O)C3CC3(C)C3COc4ccccc4C3N3C(=O)CC(CCCCc4ccc(c2c4)O1)N=C3N. The van der Waals surface area contributed by atoms with Crippen LogP contribution in [0.3, 0.4) is 0 Å². The molecule has 1 fully saturated rings. The molecule has 1 aliphatic carbocycles. The molecule has 43 heavy (non-hydrogen) atoms. The van der Waals surface area contributed by atoms with Gasteiger partial charge < -0.3 is 20.5 Å². The molecule has 6 aliphatic rings. The molecule has 0 radical (unpaired) electrons. The van der Waals surface area contributed by atoms with Gasteiger partial charge in [0.25, 0.3) is 0 Å².